The van der Waals surface area contributed by atoms with Crippen LogP contribution in [0.3, 0.4) is 0 Å². The quantitative estimate of drug-likeness (QED) is 0.665. The van der Waals surface area contributed by atoms with Crippen LogP contribution in [0.5, 0.6) is 0 Å². The molecule has 2 rings (SSSR count). The van der Waals surface area contributed by atoms with E-state index >= 15 is 0 Å². The van der Waals surface area contributed by atoms with Gasteiger partial charge in [0.15, 0.2) is 0 Å². The summed E-state index contributed by atoms with van der Waals surface area (Å²) in [6.07, 6.45) is 2.27. The van der Waals surface area contributed by atoms with Gasteiger partial charge in [0.05, 0.1) is 24.7 Å². The number of hydrogen-bond acceptors (Lipinski definition) is 3. The molecular weight excluding hydrogens is 192 g/mol. The molecule has 2 aliphatic heterocycles. The Balaban J connectivity index is 2.08. The predicted molar refractivity (Wildman–Crippen MR) is 56.7 cm³/mol. The van der Waals surface area contributed by atoms with Crippen molar-refractivity contribution < 1.29 is 14.3 Å². The first-order chi connectivity index (χ1) is 7.00. The van der Waals surface area contributed by atoms with Gasteiger partial charge in [-0.1, -0.05) is 20.8 Å². The number of Topliss-reactive ketones (excluding diaryl/α,β-unsaturated/α-hetero) is 1. The van der Waals surface area contributed by atoms with Gasteiger partial charge in [-0.3, -0.25) is 4.79 Å². The lowest BCUT2D eigenvalue weighted by atomic mass is 9.80. The minimum Gasteiger partial charge on any atom is -0.375 e. The fourth-order valence-electron chi connectivity index (χ4n) is 2.43. The molecule has 0 spiro atoms. The molecule has 2 heterocycles. The first kappa shape index (κ1) is 11.1. The average molecular weight is 212 g/mol. The molecule has 0 unspecified atom stereocenters. The monoisotopic (exact) mass is 212 g/mol. The van der Waals surface area contributed by atoms with E-state index < -0.39 is 0 Å². The number of rotatable bonds is 1. The predicted octanol–water partition coefficient (Wildman–Crippen LogP) is 1.80. The van der Waals surface area contributed by atoms with Gasteiger partial charge in [0.2, 0.25) is 0 Å². The van der Waals surface area contributed by atoms with Crippen LogP contribution in [0.4, 0.5) is 0 Å². The van der Waals surface area contributed by atoms with E-state index in [1.54, 1.807) is 0 Å². The summed E-state index contributed by atoms with van der Waals surface area (Å²) in [6.45, 7) is 7.21. The Hall–Kier alpha value is -0.410. The molecule has 0 aromatic carbocycles. The van der Waals surface area contributed by atoms with Crippen LogP contribution in [0.25, 0.3) is 0 Å². The van der Waals surface area contributed by atoms with Crippen LogP contribution in [0.1, 0.15) is 33.6 Å². The molecule has 0 aliphatic carbocycles. The zero-order valence-electron chi connectivity index (χ0n) is 9.79. The van der Waals surface area contributed by atoms with Gasteiger partial charge in [-0.2, -0.15) is 0 Å². The second kappa shape index (κ2) is 3.87. The van der Waals surface area contributed by atoms with Crippen LogP contribution in [0.15, 0.2) is 0 Å². The van der Waals surface area contributed by atoms with Crippen molar-refractivity contribution in [3.63, 3.8) is 0 Å². The smallest absolute Gasteiger partial charge is 0.146 e. The average Bonchev–Trinajstić information content (AvgIpc) is 2.58. The summed E-state index contributed by atoms with van der Waals surface area (Å²) < 4.78 is 11.3. The Bertz CT molecular complexity index is 254. The van der Waals surface area contributed by atoms with Crippen molar-refractivity contribution in [1.82, 2.24) is 0 Å². The highest BCUT2D eigenvalue weighted by molar-refractivity contribution is 5.87. The van der Waals surface area contributed by atoms with Crippen molar-refractivity contribution in [1.29, 1.82) is 0 Å². The van der Waals surface area contributed by atoms with E-state index in [0.717, 1.165) is 19.4 Å². The zero-order valence-corrected chi connectivity index (χ0v) is 9.79. The standard InChI is InChI=1S/C12H20O3/c1-12(2,3)11(13)8-7-15-9-5-4-6-14-10(8)9/h8-10H,4-7H2,1-3H3/t8-,9+,10+/m0/s1. The van der Waals surface area contributed by atoms with Gasteiger partial charge in [0.25, 0.3) is 0 Å². The summed E-state index contributed by atoms with van der Waals surface area (Å²) in [6, 6.07) is 0. The molecular formula is C12H20O3. The zero-order chi connectivity index (χ0) is 11.1. The molecule has 3 nitrogen and oxygen atoms in total. The molecule has 0 amide bonds. The van der Waals surface area contributed by atoms with Crippen LogP contribution < -0.4 is 0 Å². The summed E-state index contributed by atoms with van der Waals surface area (Å²) in [5.41, 5.74) is -0.288. The van der Waals surface area contributed by atoms with Gasteiger partial charge in [-0.25, -0.2) is 0 Å². The maximum atomic E-state index is 12.2. The van der Waals surface area contributed by atoms with Crippen molar-refractivity contribution in [2.24, 2.45) is 11.3 Å². The number of carbonyl (C=O) groups excluding carboxylic acids is 1. The van der Waals surface area contributed by atoms with E-state index in [4.69, 9.17) is 9.47 Å². The maximum Gasteiger partial charge on any atom is 0.146 e. The lowest BCUT2D eigenvalue weighted by Gasteiger charge is -2.29. The topological polar surface area (TPSA) is 35.5 Å². The van der Waals surface area contributed by atoms with E-state index in [-0.39, 0.29) is 29.3 Å². The van der Waals surface area contributed by atoms with E-state index in [1.807, 2.05) is 20.8 Å². The highest BCUT2D eigenvalue weighted by atomic mass is 16.6. The third-order valence-electron chi connectivity index (χ3n) is 3.27. The van der Waals surface area contributed by atoms with Crippen LogP contribution in [0.2, 0.25) is 0 Å². The van der Waals surface area contributed by atoms with Crippen molar-refractivity contribution >= 4 is 5.78 Å². The fourth-order valence-corrected chi connectivity index (χ4v) is 2.43. The van der Waals surface area contributed by atoms with Gasteiger partial charge in [0.1, 0.15) is 5.78 Å². The van der Waals surface area contributed by atoms with Crippen LogP contribution in [0, 0.1) is 11.3 Å². The van der Waals surface area contributed by atoms with E-state index in [0.29, 0.717) is 6.61 Å². The lowest BCUT2D eigenvalue weighted by molar-refractivity contribution is -0.135. The fraction of sp³-hybridized carbons (Fsp3) is 0.917. The number of hydrogen-bond donors (Lipinski definition) is 0. The second-order valence-corrected chi connectivity index (χ2v) is 5.57. The largest absolute Gasteiger partial charge is 0.375 e. The minimum absolute atomic E-state index is 0.0190. The minimum atomic E-state index is -0.288. The van der Waals surface area contributed by atoms with Crippen molar-refractivity contribution in [2.45, 2.75) is 45.8 Å². The van der Waals surface area contributed by atoms with Crippen LogP contribution >= 0.6 is 0 Å². The normalized spacial score (nSPS) is 36.3. The molecule has 0 N–H and O–H groups in total. The van der Waals surface area contributed by atoms with Crippen molar-refractivity contribution in [3.8, 4) is 0 Å². The van der Waals surface area contributed by atoms with Crippen molar-refractivity contribution in [3.05, 3.63) is 0 Å². The van der Waals surface area contributed by atoms with Crippen LogP contribution in [-0.4, -0.2) is 31.2 Å². The van der Waals surface area contributed by atoms with E-state index in [1.165, 1.54) is 0 Å². The van der Waals surface area contributed by atoms with Crippen LogP contribution in [-0.2, 0) is 14.3 Å². The number of ketones is 1. The molecule has 2 saturated heterocycles. The Morgan fingerprint density at radius 3 is 2.67 bits per heavy atom. The van der Waals surface area contributed by atoms with Gasteiger partial charge >= 0.3 is 0 Å². The maximum absolute atomic E-state index is 12.2. The molecule has 0 saturated carbocycles. The SMILES string of the molecule is CC(C)(C)C(=O)[C@H]1CO[C@@H]2CCCO[C@H]12. The Morgan fingerprint density at radius 1 is 1.27 bits per heavy atom. The molecule has 3 atom stereocenters. The van der Waals surface area contributed by atoms with E-state index in [9.17, 15) is 4.79 Å². The lowest BCUT2D eigenvalue weighted by Crippen LogP contribution is -2.41. The molecule has 0 bridgehead atoms. The number of carbonyl (C=O) groups is 1. The summed E-state index contributed by atoms with van der Waals surface area (Å²) in [7, 11) is 0. The first-order valence-electron chi connectivity index (χ1n) is 5.77. The molecule has 0 aromatic heterocycles. The first-order valence-corrected chi connectivity index (χ1v) is 5.77. The molecule has 86 valence electrons. The number of fused-ring (bicyclic) bond motifs is 1. The summed E-state index contributed by atoms with van der Waals surface area (Å²) >= 11 is 0. The molecule has 15 heavy (non-hydrogen) atoms. The highest BCUT2D eigenvalue weighted by Crippen LogP contribution is 2.34. The molecule has 0 radical (unpaired) electrons. The Labute approximate surface area is 91.1 Å². The molecule has 0 aromatic rings. The van der Waals surface area contributed by atoms with Crippen molar-refractivity contribution in [2.75, 3.05) is 13.2 Å². The Kier molecular flexibility index (Phi) is 2.86. The van der Waals surface area contributed by atoms with Gasteiger partial charge in [-0.05, 0) is 12.8 Å². The second-order valence-electron chi connectivity index (χ2n) is 5.57. The van der Waals surface area contributed by atoms with E-state index in [2.05, 4.69) is 0 Å². The summed E-state index contributed by atoms with van der Waals surface area (Å²) in [4.78, 5) is 12.2. The molecule has 2 aliphatic rings. The van der Waals surface area contributed by atoms with Gasteiger partial charge in [-0.15, -0.1) is 0 Å². The summed E-state index contributed by atoms with van der Waals surface area (Å²) in [5, 5.41) is 0. The van der Waals surface area contributed by atoms with Gasteiger partial charge < -0.3 is 9.47 Å². The highest BCUT2D eigenvalue weighted by Gasteiger charge is 2.46. The Morgan fingerprint density at radius 2 is 2.00 bits per heavy atom. The third-order valence-corrected chi connectivity index (χ3v) is 3.27. The number of ether oxygens (including phenoxy) is 2. The van der Waals surface area contributed by atoms with Gasteiger partial charge in [0, 0.05) is 12.0 Å². The molecule has 2 fully saturated rings. The summed E-state index contributed by atoms with van der Waals surface area (Å²) in [5.74, 6) is 0.229. The molecule has 3 heteroatoms. The third kappa shape index (κ3) is 2.08.